The van der Waals surface area contributed by atoms with Crippen molar-refractivity contribution in [3.63, 3.8) is 0 Å². The summed E-state index contributed by atoms with van der Waals surface area (Å²) in [5.74, 6) is 0.478. The highest BCUT2D eigenvalue weighted by Gasteiger charge is 2.29. The van der Waals surface area contributed by atoms with Gasteiger partial charge in [0.05, 0.1) is 14.5 Å². The van der Waals surface area contributed by atoms with Crippen molar-refractivity contribution >= 4 is 50.9 Å². The van der Waals surface area contributed by atoms with Crippen LogP contribution in [-0.2, 0) is 16.1 Å². The van der Waals surface area contributed by atoms with Crippen LogP contribution in [-0.4, -0.2) is 35.9 Å². The van der Waals surface area contributed by atoms with E-state index >= 15 is 0 Å². The van der Waals surface area contributed by atoms with Crippen molar-refractivity contribution in [1.29, 1.82) is 0 Å². The maximum atomic E-state index is 13.3. The predicted octanol–water partition coefficient (Wildman–Crippen LogP) is 6.59. The molecule has 0 aliphatic carbocycles. The number of halogens is 3. The molecule has 1 atom stereocenters. The monoisotopic (exact) mass is 556 g/mol. The summed E-state index contributed by atoms with van der Waals surface area (Å²) in [6.45, 7) is 8.66. The van der Waals surface area contributed by atoms with E-state index < -0.39 is 6.04 Å². The molecule has 33 heavy (non-hydrogen) atoms. The van der Waals surface area contributed by atoms with Gasteiger partial charge in [0, 0.05) is 13.1 Å². The smallest absolute Gasteiger partial charge is 0.261 e. The van der Waals surface area contributed by atoms with Crippen LogP contribution in [0.5, 0.6) is 5.75 Å². The van der Waals surface area contributed by atoms with Gasteiger partial charge in [-0.2, -0.15) is 0 Å². The second kappa shape index (κ2) is 13.2. The molecule has 0 bridgehead atoms. The molecule has 180 valence electrons. The molecule has 1 N–H and O–H groups in total. The number of hydrogen-bond acceptors (Lipinski definition) is 3. The van der Waals surface area contributed by atoms with Crippen LogP contribution in [0.1, 0.15) is 57.6 Å². The Balaban J connectivity index is 2.24. The molecule has 0 aromatic heterocycles. The van der Waals surface area contributed by atoms with Gasteiger partial charge in [0.15, 0.2) is 6.61 Å². The Morgan fingerprint density at radius 2 is 1.82 bits per heavy atom. The van der Waals surface area contributed by atoms with E-state index in [1.165, 1.54) is 5.56 Å². The first-order valence-corrected chi connectivity index (χ1v) is 12.7. The zero-order chi connectivity index (χ0) is 24.5. The predicted molar refractivity (Wildman–Crippen MR) is 138 cm³/mol. The number of ether oxygens (including phenoxy) is 1. The molecule has 8 heteroatoms. The van der Waals surface area contributed by atoms with E-state index in [9.17, 15) is 9.59 Å². The standard InChI is InChI=1S/C25H31BrCl2N2O3/c1-5-11-29-25(32)22(6-2)30(14-17-7-9-20(27)21(28)12-17)24(31)15-33-23-10-8-18(16(3)4)13-19(23)26/h7-10,12-13,16,22H,5-6,11,14-15H2,1-4H3,(H,29,32). The van der Waals surface area contributed by atoms with E-state index in [4.69, 9.17) is 27.9 Å². The van der Waals surface area contributed by atoms with Crippen LogP contribution in [0.15, 0.2) is 40.9 Å². The molecule has 2 aromatic rings. The highest BCUT2D eigenvalue weighted by molar-refractivity contribution is 9.10. The first-order chi connectivity index (χ1) is 15.7. The molecule has 0 spiro atoms. The molecule has 5 nitrogen and oxygen atoms in total. The first kappa shape index (κ1) is 27.5. The van der Waals surface area contributed by atoms with Gasteiger partial charge in [0.25, 0.3) is 5.91 Å². The Bertz CT molecular complexity index is 969. The fraction of sp³-hybridized carbons (Fsp3) is 0.440. The largest absolute Gasteiger partial charge is 0.483 e. The lowest BCUT2D eigenvalue weighted by atomic mass is 10.0. The number of nitrogens with one attached hydrogen (secondary N) is 1. The van der Waals surface area contributed by atoms with Gasteiger partial charge >= 0.3 is 0 Å². The van der Waals surface area contributed by atoms with E-state index in [0.717, 1.165) is 16.5 Å². The van der Waals surface area contributed by atoms with Crippen LogP contribution in [0.2, 0.25) is 10.0 Å². The Morgan fingerprint density at radius 3 is 2.39 bits per heavy atom. The topological polar surface area (TPSA) is 58.6 Å². The Hall–Kier alpha value is -1.76. The summed E-state index contributed by atoms with van der Waals surface area (Å²) in [6, 6.07) is 10.4. The second-order valence-electron chi connectivity index (χ2n) is 8.12. The number of nitrogens with zero attached hydrogens (tertiary/aromatic N) is 1. The zero-order valence-electron chi connectivity index (χ0n) is 19.5. The molecule has 2 rings (SSSR count). The second-order valence-corrected chi connectivity index (χ2v) is 9.79. The minimum absolute atomic E-state index is 0.185. The summed E-state index contributed by atoms with van der Waals surface area (Å²) >= 11 is 15.7. The van der Waals surface area contributed by atoms with Crippen LogP contribution in [0.4, 0.5) is 0 Å². The van der Waals surface area contributed by atoms with Gasteiger partial charge in [-0.25, -0.2) is 0 Å². The lowest BCUT2D eigenvalue weighted by molar-refractivity contribution is -0.143. The van der Waals surface area contributed by atoms with Gasteiger partial charge in [-0.3, -0.25) is 9.59 Å². The van der Waals surface area contributed by atoms with Crippen molar-refractivity contribution in [3.05, 3.63) is 62.0 Å². The summed E-state index contributed by atoms with van der Waals surface area (Å²) in [6.07, 6.45) is 1.28. The summed E-state index contributed by atoms with van der Waals surface area (Å²) < 4.78 is 6.62. The number of amides is 2. The molecule has 2 aromatic carbocycles. The molecule has 0 aliphatic heterocycles. The first-order valence-electron chi connectivity index (χ1n) is 11.1. The van der Waals surface area contributed by atoms with Gasteiger partial charge in [-0.05, 0) is 70.1 Å². The summed E-state index contributed by atoms with van der Waals surface area (Å²) in [4.78, 5) is 27.6. The molecular formula is C25H31BrCl2N2O3. The highest BCUT2D eigenvalue weighted by Crippen LogP contribution is 2.29. The number of carbonyl (C=O) groups is 2. The van der Waals surface area contributed by atoms with Crippen molar-refractivity contribution in [1.82, 2.24) is 10.2 Å². The zero-order valence-corrected chi connectivity index (χ0v) is 22.6. The Kier molecular flexibility index (Phi) is 11.0. The van der Waals surface area contributed by atoms with Gasteiger partial charge in [0.1, 0.15) is 11.8 Å². The lowest BCUT2D eigenvalue weighted by Gasteiger charge is -2.30. The van der Waals surface area contributed by atoms with Gasteiger partial charge in [-0.1, -0.05) is 63.0 Å². The van der Waals surface area contributed by atoms with Crippen molar-refractivity contribution in [2.75, 3.05) is 13.2 Å². The lowest BCUT2D eigenvalue weighted by Crippen LogP contribution is -2.50. The van der Waals surface area contributed by atoms with Crippen LogP contribution in [0.3, 0.4) is 0 Å². The maximum absolute atomic E-state index is 13.3. The van der Waals surface area contributed by atoms with Crippen molar-refractivity contribution in [3.8, 4) is 5.75 Å². The molecule has 0 aliphatic rings. The quantitative estimate of drug-likeness (QED) is 0.339. The number of rotatable bonds is 11. The van der Waals surface area contributed by atoms with E-state index in [-0.39, 0.29) is 25.0 Å². The molecule has 2 amide bonds. The normalized spacial score (nSPS) is 11.9. The van der Waals surface area contributed by atoms with E-state index in [0.29, 0.717) is 34.7 Å². The maximum Gasteiger partial charge on any atom is 0.261 e. The molecular weight excluding hydrogens is 527 g/mol. The van der Waals surface area contributed by atoms with E-state index in [1.54, 1.807) is 23.1 Å². The van der Waals surface area contributed by atoms with Crippen LogP contribution in [0, 0.1) is 0 Å². The average Bonchev–Trinajstić information content (AvgIpc) is 2.78. The average molecular weight is 558 g/mol. The van der Waals surface area contributed by atoms with Gasteiger partial charge in [-0.15, -0.1) is 0 Å². The third kappa shape index (κ3) is 7.90. The summed E-state index contributed by atoms with van der Waals surface area (Å²) in [7, 11) is 0. The molecule has 0 saturated heterocycles. The Morgan fingerprint density at radius 1 is 1.09 bits per heavy atom. The molecule has 0 fully saturated rings. The number of benzene rings is 2. The molecule has 0 saturated carbocycles. The van der Waals surface area contributed by atoms with Gasteiger partial charge in [0.2, 0.25) is 5.91 Å². The third-order valence-electron chi connectivity index (χ3n) is 5.25. The van der Waals surface area contributed by atoms with Crippen LogP contribution < -0.4 is 10.1 Å². The third-order valence-corrected chi connectivity index (χ3v) is 6.60. The molecule has 1 unspecified atom stereocenters. The summed E-state index contributed by atoms with van der Waals surface area (Å²) in [5, 5.41) is 3.73. The van der Waals surface area contributed by atoms with E-state index in [2.05, 4.69) is 35.1 Å². The van der Waals surface area contributed by atoms with Gasteiger partial charge < -0.3 is 15.0 Å². The minimum atomic E-state index is -0.631. The Labute approximate surface area is 214 Å². The van der Waals surface area contributed by atoms with Crippen molar-refractivity contribution in [2.45, 2.75) is 59.0 Å². The van der Waals surface area contributed by atoms with Crippen molar-refractivity contribution < 1.29 is 14.3 Å². The minimum Gasteiger partial charge on any atom is -0.483 e. The molecule has 0 heterocycles. The molecule has 0 radical (unpaired) electrons. The number of hydrogen-bond donors (Lipinski definition) is 1. The summed E-state index contributed by atoms with van der Waals surface area (Å²) in [5.41, 5.74) is 1.95. The highest BCUT2D eigenvalue weighted by atomic mass is 79.9. The SMILES string of the molecule is CCCNC(=O)C(CC)N(Cc1ccc(Cl)c(Cl)c1)C(=O)COc1ccc(C(C)C)cc1Br. The fourth-order valence-corrected chi connectivity index (χ4v) is 4.17. The fourth-order valence-electron chi connectivity index (χ4n) is 3.34. The number of carbonyl (C=O) groups excluding carboxylic acids is 2. The van der Waals surface area contributed by atoms with E-state index in [1.807, 2.05) is 32.0 Å². The van der Waals surface area contributed by atoms with Crippen molar-refractivity contribution in [2.24, 2.45) is 0 Å². The van der Waals surface area contributed by atoms with Crippen LogP contribution >= 0.6 is 39.1 Å². The van der Waals surface area contributed by atoms with Crippen LogP contribution in [0.25, 0.3) is 0 Å².